The average molecular weight is 214 g/mol. The molecule has 0 saturated heterocycles. The van der Waals surface area contributed by atoms with Crippen LogP contribution in [0, 0.1) is 5.92 Å². The Morgan fingerprint density at radius 1 is 1.47 bits per heavy atom. The molecule has 0 radical (unpaired) electrons. The van der Waals surface area contributed by atoms with Crippen molar-refractivity contribution in [2.24, 2.45) is 11.7 Å². The fourth-order valence-electron chi connectivity index (χ4n) is 2.45. The molecule has 1 aliphatic carbocycles. The van der Waals surface area contributed by atoms with Crippen LogP contribution in [0.3, 0.4) is 0 Å². The minimum Gasteiger partial charge on any atom is -0.395 e. The van der Waals surface area contributed by atoms with Crippen molar-refractivity contribution in [3.05, 3.63) is 0 Å². The molecule has 3 unspecified atom stereocenters. The Morgan fingerprint density at radius 2 is 2.20 bits per heavy atom. The number of aliphatic hydroxyl groups excluding tert-OH is 1. The summed E-state index contributed by atoms with van der Waals surface area (Å²) in [6.45, 7) is 3.47. The number of nitrogens with zero attached hydrogens (tertiary/aromatic N) is 1. The average Bonchev–Trinajstić information content (AvgIpc) is 2.25. The molecular weight excluding hydrogens is 188 g/mol. The zero-order valence-corrected chi connectivity index (χ0v) is 10.2. The summed E-state index contributed by atoms with van der Waals surface area (Å²) in [5.41, 5.74) is 5.70. The van der Waals surface area contributed by atoms with Gasteiger partial charge in [0, 0.05) is 12.1 Å². The third kappa shape index (κ3) is 4.49. The van der Waals surface area contributed by atoms with Crippen LogP contribution < -0.4 is 5.73 Å². The molecule has 0 aromatic rings. The molecule has 90 valence electrons. The highest BCUT2D eigenvalue weighted by Crippen LogP contribution is 2.26. The lowest BCUT2D eigenvalue weighted by molar-refractivity contribution is 0.153. The molecule has 1 aliphatic rings. The molecule has 15 heavy (non-hydrogen) atoms. The molecule has 1 fully saturated rings. The summed E-state index contributed by atoms with van der Waals surface area (Å²) in [5, 5.41) is 8.86. The monoisotopic (exact) mass is 214 g/mol. The first-order valence-electron chi connectivity index (χ1n) is 6.20. The molecular formula is C12H26N2O. The van der Waals surface area contributed by atoms with E-state index in [1.54, 1.807) is 0 Å². The lowest BCUT2D eigenvalue weighted by atomic mass is 9.86. The smallest absolute Gasteiger partial charge is 0.0583 e. The lowest BCUT2D eigenvalue weighted by Crippen LogP contribution is -2.38. The van der Waals surface area contributed by atoms with Crippen LogP contribution in [0.25, 0.3) is 0 Å². The summed E-state index contributed by atoms with van der Waals surface area (Å²) in [7, 11) is 2.19. The standard InChI is InChI=1S/C12H26N2O/c1-10-4-3-5-12(8-10)14(2)7-6-11(13)9-15/h10-12,15H,3-9,13H2,1-2H3. The van der Waals surface area contributed by atoms with Crippen molar-refractivity contribution in [2.45, 2.75) is 51.1 Å². The van der Waals surface area contributed by atoms with Gasteiger partial charge in [-0.25, -0.2) is 0 Å². The van der Waals surface area contributed by atoms with Crippen LogP contribution in [0.1, 0.15) is 39.0 Å². The summed E-state index contributed by atoms with van der Waals surface area (Å²) in [6.07, 6.45) is 6.31. The van der Waals surface area contributed by atoms with Gasteiger partial charge in [0.15, 0.2) is 0 Å². The van der Waals surface area contributed by atoms with Gasteiger partial charge in [-0.3, -0.25) is 0 Å². The SMILES string of the molecule is CC1CCCC(N(C)CCC(N)CO)C1. The Morgan fingerprint density at radius 3 is 2.80 bits per heavy atom. The Balaban J connectivity index is 2.23. The zero-order chi connectivity index (χ0) is 11.3. The Kier molecular flexibility index (Phi) is 5.58. The van der Waals surface area contributed by atoms with Gasteiger partial charge in [0.25, 0.3) is 0 Å². The van der Waals surface area contributed by atoms with E-state index in [0.717, 1.165) is 24.9 Å². The number of hydrogen-bond donors (Lipinski definition) is 2. The second-order valence-electron chi connectivity index (χ2n) is 5.14. The predicted molar refractivity (Wildman–Crippen MR) is 63.7 cm³/mol. The maximum Gasteiger partial charge on any atom is 0.0583 e. The van der Waals surface area contributed by atoms with E-state index >= 15 is 0 Å². The van der Waals surface area contributed by atoms with Gasteiger partial charge >= 0.3 is 0 Å². The van der Waals surface area contributed by atoms with Crippen LogP contribution in [0.4, 0.5) is 0 Å². The fourth-order valence-corrected chi connectivity index (χ4v) is 2.45. The van der Waals surface area contributed by atoms with Crippen molar-refractivity contribution in [2.75, 3.05) is 20.2 Å². The maximum atomic E-state index is 8.86. The summed E-state index contributed by atoms with van der Waals surface area (Å²) >= 11 is 0. The van der Waals surface area contributed by atoms with E-state index in [1.807, 2.05) is 0 Å². The molecule has 0 heterocycles. The molecule has 0 spiro atoms. The van der Waals surface area contributed by atoms with Crippen molar-refractivity contribution < 1.29 is 5.11 Å². The highest BCUT2D eigenvalue weighted by atomic mass is 16.3. The first kappa shape index (κ1) is 12.9. The highest BCUT2D eigenvalue weighted by Gasteiger charge is 2.22. The van der Waals surface area contributed by atoms with Gasteiger partial charge in [-0.2, -0.15) is 0 Å². The minimum absolute atomic E-state index is 0.0477. The number of hydrogen-bond acceptors (Lipinski definition) is 3. The summed E-state index contributed by atoms with van der Waals surface area (Å²) in [6, 6.07) is 0.688. The van der Waals surface area contributed by atoms with E-state index in [1.165, 1.54) is 25.7 Å². The summed E-state index contributed by atoms with van der Waals surface area (Å²) in [5.74, 6) is 0.873. The predicted octanol–water partition coefficient (Wildman–Crippen LogP) is 1.21. The van der Waals surface area contributed by atoms with Crippen molar-refractivity contribution in [1.82, 2.24) is 4.90 Å². The van der Waals surface area contributed by atoms with E-state index in [2.05, 4.69) is 18.9 Å². The Labute approximate surface area is 93.6 Å². The largest absolute Gasteiger partial charge is 0.395 e. The van der Waals surface area contributed by atoms with E-state index in [9.17, 15) is 0 Å². The molecule has 3 heteroatoms. The van der Waals surface area contributed by atoms with Crippen LogP contribution in [0.2, 0.25) is 0 Å². The second-order valence-corrected chi connectivity index (χ2v) is 5.14. The fraction of sp³-hybridized carbons (Fsp3) is 1.00. The van der Waals surface area contributed by atoms with Crippen molar-refractivity contribution in [3.63, 3.8) is 0 Å². The zero-order valence-electron chi connectivity index (χ0n) is 10.2. The van der Waals surface area contributed by atoms with Gasteiger partial charge in [0.05, 0.1) is 6.61 Å². The first-order valence-corrected chi connectivity index (χ1v) is 6.20. The number of nitrogens with two attached hydrogens (primary N) is 1. The van der Waals surface area contributed by atoms with Gasteiger partial charge in [0.2, 0.25) is 0 Å². The Hall–Kier alpha value is -0.120. The molecule has 3 nitrogen and oxygen atoms in total. The van der Waals surface area contributed by atoms with Crippen LogP contribution in [-0.2, 0) is 0 Å². The Bertz CT molecular complexity index is 175. The molecule has 0 aliphatic heterocycles. The molecule has 3 N–H and O–H groups in total. The molecule has 0 bridgehead atoms. The van der Waals surface area contributed by atoms with Crippen LogP contribution >= 0.6 is 0 Å². The van der Waals surface area contributed by atoms with Gasteiger partial charge < -0.3 is 15.7 Å². The van der Waals surface area contributed by atoms with Gasteiger partial charge in [-0.15, -0.1) is 0 Å². The van der Waals surface area contributed by atoms with Crippen molar-refractivity contribution in [3.8, 4) is 0 Å². The lowest BCUT2D eigenvalue weighted by Gasteiger charge is -2.34. The summed E-state index contributed by atoms with van der Waals surface area (Å²) < 4.78 is 0. The second kappa shape index (κ2) is 6.46. The van der Waals surface area contributed by atoms with Crippen LogP contribution in [0.15, 0.2) is 0 Å². The molecule has 0 aromatic carbocycles. The van der Waals surface area contributed by atoms with E-state index in [-0.39, 0.29) is 12.6 Å². The number of aliphatic hydroxyl groups is 1. The van der Waals surface area contributed by atoms with Gasteiger partial charge in [-0.05, 0) is 38.8 Å². The maximum absolute atomic E-state index is 8.86. The number of rotatable bonds is 5. The molecule has 3 atom stereocenters. The quantitative estimate of drug-likeness (QED) is 0.723. The van der Waals surface area contributed by atoms with Gasteiger partial charge in [0.1, 0.15) is 0 Å². The van der Waals surface area contributed by atoms with E-state index in [0.29, 0.717) is 0 Å². The van der Waals surface area contributed by atoms with Crippen molar-refractivity contribution in [1.29, 1.82) is 0 Å². The molecule has 0 aromatic heterocycles. The van der Waals surface area contributed by atoms with E-state index in [4.69, 9.17) is 10.8 Å². The molecule has 0 amide bonds. The first-order chi connectivity index (χ1) is 7.13. The van der Waals surface area contributed by atoms with Gasteiger partial charge in [-0.1, -0.05) is 19.8 Å². The van der Waals surface area contributed by atoms with Crippen LogP contribution in [-0.4, -0.2) is 42.3 Å². The van der Waals surface area contributed by atoms with Crippen LogP contribution in [0.5, 0.6) is 0 Å². The highest BCUT2D eigenvalue weighted by molar-refractivity contribution is 4.77. The van der Waals surface area contributed by atoms with E-state index < -0.39 is 0 Å². The normalized spacial score (nSPS) is 29.4. The topological polar surface area (TPSA) is 49.5 Å². The third-order valence-corrected chi connectivity index (χ3v) is 3.62. The molecule has 1 rings (SSSR count). The van der Waals surface area contributed by atoms with Crippen molar-refractivity contribution >= 4 is 0 Å². The molecule has 1 saturated carbocycles. The third-order valence-electron chi connectivity index (χ3n) is 3.62. The minimum atomic E-state index is -0.0477. The summed E-state index contributed by atoms with van der Waals surface area (Å²) in [4.78, 5) is 2.42.